The van der Waals surface area contributed by atoms with Gasteiger partial charge in [-0.15, -0.1) is 0 Å². The van der Waals surface area contributed by atoms with Crippen molar-refractivity contribution in [2.24, 2.45) is 0 Å². The molecule has 7 heteroatoms. The minimum absolute atomic E-state index is 0.0191. The fourth-order valence-electron chi connectivity index (χ4n) is 1.98. The van der Waals surface area contributed by atoms with Gasteiger partial charge in [-0.1, -0.05) is 34.8 Å². The molecule has 0 aliphatic heterocycles. The molecule has 0 aliphatic rings. The first-order valence-corrected chi connectivity index (χ1v) is 6.96. The summed E-state index contributed by atoms with van der Waals surface area (Å²) in [5.41, 5.74) is 0.542. The highest BCUT2D eigenvalue weighted by Gasteiger charge is 2.10. The van der Waals surface area contributed by atoms with Gasteiger partial charge in [0.05, 0.1) is 20.9 Å². The maximum absolute atomic E-state index is 12.1. The van der Waals surface area contributed by atoms with Crippen LogP contribution in [0, 0.1) is 0 Å². The van der Waals surface area contributed by atoms with Crippen molar-refractivity contribution in [3.05, 3.63) is 55.8 Å². The van der Waals surface area contributed by atoms with Crippen LogP contribution >= 0.6 is 34.8 Å². The molecule has 0 spiro atoms. The molecule has 21 heavy (non-hydrogen) atoms. The first-order valence-electron chi connectivity index (χ1n) is 5.83. The number of hydrogen-bond donors (Lipinski definition) is 2. The summed E-state index contributed by atoms with van der Waals surface area (Å²) in [4.78, 5) is 19.1. The maximum atomic E-state index is 12.1. The molecule has 0 unspecified atom stereocenters. The molecule has 0 fully saturated rings. The molecule has 0 bridgehead atoms. The number of phenolic OH excluding ortho intramolecular Hbond substituents is 1. The number of hydrogen-bond acceptors (Lipinski definition) is 3. The summed E-state index contributed by atoms with van der Waals surface area (Å²) in [7, 11) is 0. The number of H-pyrrole nitrogens is 1. The zero-order valence-corrected chi connectivity index (χ0v) is 12.6. The second-order valence-corrected chi connectivity index (χ2v) is 5.65. The molecular formula is C14H7Cl3N2O2. The van der Waals surface area contributed by atoms with E-state index in [1.165, 1.54) is 24.3 Å². The van der Waals surface area contributed by atoms with E-state index in [4.69, 9.17) is 34.8 Å². The predicted octanol–water partition coefficient (Wildman–Crippen LogP) is 4.26. The average molecular weight is 342 g/mol. The van der Waals surface area contributed by atoms with Crippen molar-refractivity contribution in [1.29, 1.82) is 0 Å². The van der Waals surface area contributed by atoms with Gasteiger partial charge in [0.1, 0.15) is 11.6 Å². The molecule has 3 rings (SSSR count). The molecule has 0 radical (unpaired) electrons. The lowest BCUT2D eigenvalue weighted by atomic mass is 10.2. The lowest BCUT2D eigenvalue weighted by Gasteiger charge is -2.05. The average Bonchev–Trinajstić information content (AvgIpc) is 2.40. The van der Waals surface area contributed by atoms with E-state index in [9.17, 15) is 9.90 Å². The Bertz CT molecular complexity index is 902. The van der Waals surface area contributed by atoms with E-state index in [1.807, 2.05) is 0 Å². The summed E-state index contributed by atoms with van der Waals surface area (Å²) in [6.45, 7) is 0. The third kappa shape index (κ3) is 2.70. The Kier molecular flexibility index (Phi) is 3.53. The number of aromatic amines is 1. The van der Waals surface area contributed by atoms with Crippen LogP contribution in [0.3, 0.4) is 0 Å². The molecule has 106 valence electrons. The molecule has 2 N–H and O–H groups in total. The smallest absolute Gasteiger partial charge is 0.259 e. The van der Waals surface area contributed by atoms with Gasteiger partial charge in [-0.2, -0.15) is 0 Å². The lowest BCUT2D eigenvalue weighted by Crippen LogP contribution is -2.09. The Morgan fingerprint density at radius 1 is 1.00 bits per heavy atom. The van der Waals surface area contributed by atoms with Gasteiger partial charge in [-0.25, -0.2) is 4.98 Å². The van der Waals surface area contributed by atoms with Gasteiger partial charge in [-0.3, -0.25) is 4.79 Å². The van der Waals surface area contributed by atoms with Gasteiger partial charge in [0.2, 0.25) is 0 Å². The molecule has 0 atom stereocenters. The van der Waals surface area contributed by atoms with Gasteiger partial charge >= 0.3 is 0 Å². The highest BCUT2D eigenvalue weighted by molar-refractivity contribution is 6.42. The minimum Gasteiger partial charge on any atom is -0.508 e. The van der Waals surface area contributed by atoms with Crippen molar-refractivity contribution >= 4 is 45.7 Å². The van der Waals surface area contributed by atoms with Crippen LogP contribution in [0.5, 0.6) is 5.75 Å². The minimum atomic E-state index is -0.354. The van der Waals surface area contributed by atoms with E-state index >= 15 is 0 Å². The zero-order valence-electron chi connectivity index (χ0n) is 10.3. The van der Waals surface area contributed by atoms with Crippen LogP contribution in [-0.2, 0) is 0 Å². The summed E-state index contributed by atoms with van der Waals surface area (Å²) in [5.74, 6) is 0.262. The molecule has 0 saturated carbocycles. The Morgan fingerprint density at radius 2 is 1.71 bits per heavy atom. The number of benzene rings is 2. The normalized spacial score (nSPS) is 11.0. The maximum Gasteiger partial charge on any atom is 0.259 e. The second kappa shape index (κ2) is 5.22. The van der Waals surface area contributed by atoms with E-state index in [1.54, 1.807) is 6.07 Å². The van der Waals surface area contributed by atoms with Crippen molar-refractivity contribution in [3.63, 3.8) is 0 Å². The number of aromatic nitrogens is 2. The highest BCUT2D eigenvalue weighted by atomic mass is 35.5. The largest absolute Gasteiger partial charge is 0.508 e. The number of halogens is 3. The molecule has 1 aromatic heterocycles. The van der Waals surface area contributed by atoms with Crippen LogP contribution in [-0.4, -0.2) is 15.1 Å². The third-order valence-electron chi connectivity index (χ3n) is 2.90. The number of aromatic hydroxyl groups is 1. The van der Waals surface area contributed by atoms with Gasteiger partial charge in [-0.05, 0) is 30.3 Å². The second-order valence-electron chi connectivity index (χ2n) is 4.40. The summed E-state index contributed by atoms with van der Waals surface area (Å²) in [6.07, 6.45) is 0. The van der Waals surface area contributed by atoms with Crippen LogP contribution in [0.4, 0.5) is 0 Å². The monoisotopic (exact) mass is 340 g/mol. The van der Waals surface area contributed by atoms with Crippen molar-refractivity contribution < 1.29 is 5.11 Å². The number of nitrogens with zero attached hydrogens (tertiary/aromatic N) is 1. The lowest BCUT2D eigenvalue weighted by molar-refractivity contribution is 0.475. The van der Waals surface area contributed by atoms with E-state index in [2.05, 4.69) is 9.97 Å². The number of phenols is 1. The SMILES string of the molecule is O=c1[nH]c(-c2cc(O)cc(Cl)c2)nc2cc(Cl)c(Cl)cc12. The standard InChI is InChI=1S/C14H7Cl3N2O2/c15-7-1-6(2-8(20)3-7)13-18-12-5-11(17)10(16)4-9(12)14(21)19-13/h1-5,20H,(H,18,19,21). The van der Waals surface area contributed by atoms with E-state index < -0.39 is 0 Å². The van der Waals surface area contributed by atoms with Crippen molar-refractivity contribution in [1.82, 2.24) is 9.97 Å². The molecule has 0 saturated heterocycles. The summed E-state index contributed by atoms with van der Waals surface area (Å²) < 4.78 is 0. The molecule has 1 heterocycles. The Morgan fingerprint density at radius 3 is 2.43 bits per heavy atom. The Balaban J connectivity index is 2.29. The first-order chi connectivity index (χ1) is 9.94. The Labute approximate surface area is 133 Å². The van der Waals surface area contributed by atoms with Crippen LogP contribution < -0.4 is 5.56 Å². The fraction of sp³-hybridized carbons (Fsp3) is 0. The van der Waals surface area contributed by atoms with Crippen molar-refractivity contribution in [2.75, 3.05) is 0 Å². The summed E-state index contributed by atoms with van der Waals surface area (Å²) in [5, 5.41) is 10.8. The van der Waals surface area contributed by atoms with Gasteiger partial charge in [0.25, 0.3) is 5.56 Å². The van der Waals surface area contributed by atoms with E-state index in [0.717, 1.165) is 0 Å². The summed E-state index contributed by atoms with van der Waals surface area (Å²) in [6, 6.07) is 7.41. The van der Waals surface area contributed by atoms with E-state index in [-0.39, 0.29) is 22.2 Å². The molecular weight excluding hydrogens is 335 g/mol. The molecule has 3 aromatic rings. The van der Waals surface area contributed by atoms with Gasteiger partial charge < -0.3 is 10.1 Å². The molecule has 4 nitrogen and oxygen atoms in total. The van der Waals surface area contributed by atoms with Gasteiger partial charge in [0.15, 0.2) is 0 Å². The van der Waals surface area contributed by atoms with Crippen LogP contribution in [0.2, 0.25) is 15.1 Å². The van der Waals surface area contributed by atoms with Crippen LogP contribution in [0.25, 0.3) is 22.3 Å². The molecule has 0 amide bonds. The fourth-order valence-corrected chi connectivity index (χ4v) is 2.53. The highest BCUT2D eigenvalue weighted by Crippen LogP contribution is 2.28. The number of fused-ring (bicyclic) bond motifs is 1. The van der Waals surface area contributed by atoms with Gasteiger partial charge in [0, 0.05) is 10.6 Å². The Hall–Kier alpha value is -1.75. The quantitative estimate of drug-likeness (QED) is 0.695. The topological polar surface area (TPSA) is 66.0 Å². The van der Waals surface area contributed by atoms with E-state index in [0.29, 0.717) is 26.5 Å². The van der Waals surface area contributed by atoms with Crippen LogP contribution in [0.15, 0.2) is 35.1 Å². The van der Waals surface area contributed by atoms with Crippen molar-refractivity contribution in [3.8, 4) is 17.1 Å². The summed E-state index contributed by atoms with van der Waals surface area (Å²) >= 11 is 17.7. The molecule has 0 aliphatic carbocycles. The predicted molar refractivity (Wildman–Crippen MR) is 84.5 cm³/mol. The zero-order chi connectivity index (χ0) is 15.1. The van der Waals surface area contributed by atoms with Crippen LogP contribution in [0.1, 0.15) is 0 Å². The number of nitrogens with one attached hydrogen (secondary N) is 1. The van der Waals surface area contributed by atoms with Crippen molar-refractivity contribution in [2.45, 2.75) is 0 Å². The number of rotatable bonds is 1. The third-order valence-corrected chi connectivity index (χ3v) is 3.84. The first kappa shape index (κ1) is 14.2. The molecule has 2 aromatic carbocycles.